The summed E-state index contributed by atoms with van der Waals surface area (Å²) < 4.78 is 6.89. The number of halogens is 1. The van der Waals surface area contributed by atoms with Crippen LogP contribution < -0.4 is 15.6 Å². The van der Waals surface area contributed by atoms with Crippen molar-refractivity contribution in [3.63, 3.8) is 0 Å². The number of nitrogens with one attached hydrogen (secondary N) is 1. The average Bonchev–Trinajstić information content (AvgIpc) is 2.68. The van der Waals surface area contributed by atoms with E-state index in [1.807, 2.05) is 39.0 Å². The molecule has 0 saturated carbocycles. The average molecular weight is 412 g/mol. The van der Waals surface area contributed by atoms with Gasteiger partial charge in [-0.25, -0.2) is 0 Å². The lowest BCUT2D eigenvalue weighted by atomic mass is 10.1. The van der Waals surface area contributed by atoms with Gasteiger partial charge < -0.3 is 10.1 Å². The van der Waals surface area contributed by atoms with Gasteiger partial charge in [0.25, 0.3) is 11.5 Å². The lowest BCUT2D eigenvalue weighted by Gasteiger charge is -2.16. The van der Waals surface area contributed by atoms with Crippen molar-refractivity contribution in [1.29, 1.82) is 0 Å². The minimum Gasteiger partial charge on any atom is -0.463 e. The van der Waals surface area contributed by atoms with E-state index in [4.69, 9.17) is 16.3 Å². The highest BCUT2D eigenvalue weighted by Gasteiger charge is 2.17. The van der Waals surface area contributed by atoms with Crippen LogP contribution in [0.1, 0.15) is 23.6 Å². The van der Waals surface area contributed by atoms with Crippen molar-refractivity contribution in [2.24, 2.45) is 0 Å². The number of carbonyl (C=O) groups excluding carboxylic acids is 1. The summed E-state index contributed by atoms with van der Waals surface area (Å²) in [5.74, 6) is -0.154. The first-order chi connectivity index (χ1) is 13.7. The van der Waals surface area contributed by atoms with Crippen LogP contribution in [0.4, 0.5) is 5.69 Å². The lowest BCUT2D eigenvalue weighted by Crippen LogP contribution is -2.31. The Morgan fingerprint density at radius 2 is 1.76 bits per heavy atom. The fourth-order valence-electron chi connectivity index (χ4n) is 2.74. The number of carbonyl (C=O) groups is 1. The summed E-state index contributed by atoms with van der Waals surface area (Å²) in [6, 6.07) is 13.7. The van der Waals surface area contributed by atoms with Crippen molar-refractivity contribution in [3.05, 3.63) is 80.6 Å². The van der Waals surface area contributed by atoms with Crippen molar-refractivity contribution in [3.8, 4) is 11.6 Å². The van der Waals surface area contributed by atoms with E-state index >= 15 is 0 Å². The second-order valence-electron chi connectivity index (χ2n) is 6.90. The van der Waals surface area contributed by atoms with Gasteiger partial charge in [0.2, 0.25) is 5.88 Å². The second-order valence-corrected chi connectivity index (χ2v) is 7.34. The van der Waals surface area contributed by atoms with Crippen LogP contribution in [0.25, 0.3) is 5.69 Å². The van der Waals surface area contributed by atoms with E-state index in [0.717, 1.165) is 16.7 Å². The molecule has 6 nitrogen and oxygen atoms in total. The summed E-state index contributed by atoms with van der Waals surface area (Å²) in [7, 11) is 0. The van der Waals surface area contributed by atoms with Gasteiger partial charge in [0.15, 0.2) is 6.10 Å². The van der Waals surface area contributed by atoms with Crippen molar-refractivity contribution in [1.82, 2.24) is 9.78 Å². The number of benzene rings is 2. The van der Waals surface area contributed by atoms with Gasteiger partial charge in [-0.1, -0.05) is 23.7 Å². The number of hydrogen-bond donors (Lipinski definition) is 1. The van der Waals surface area contributed by atoms with Crippen LogP contribution >= 0.6 is 11.6 Å². The Labute approximate surface area is 174 Å². The largest absolute Gasteiger partial charge is 0.463 e. The Balaban J connectivity index is 1.79. The monoisotopic (exact) mass is 411 g/mol. The van der Waals surface area contributed by atoms with E-state index in [0.29, 0.717) is 16.4 Å². The normalized spacial score (nSPS) is 11.8. The molecule has 1 aromatic heterocycles. The van der Waals surface area contributed by atoms with Gasteiger partial charge in [0.1, 0.15) is 0 Å². The molecule has 0 fully saturated rings. The van der Waals surface area contributed by atoms with Crippen LogP contribution in [-0.4, -0.2) is 21.8 Å². The highest BCUT2D eigenvalue weighted by Crippen LogP contribution is 2.19. The highest BCUT2D eigenvalue weighted by molar-refractivity contribution is 6.30. The Morgan fingerprint density at radius 1 is 1.03 bits per heavy atom. The molecule has 0 aliphatic rings. The topological polar surface area (TPSA) is 73.2 Å². The number of anilines is 1. The summed E-state index contributed by atoms with van der Waals surface area (Å²) in [5.41, 5.74) is 4.00. The molecule has 0 radical (unpaired) electrons. The van der Waals surface area contributed by atoms with Crippen LogP contribution in [0.15, 0.2) is 53.3 Å². The molecule has 1 N–H and O–H groups in total. The molecule has 150 valence electrons. The second kappa shape index (κ2) is 8.49. The quantitative estimate of drug-likeness (QED) is 0.682. The van der Waals surface area contributed by atoms with Crippen molar-refractivity contribution in [2.45, 2.75) is 33.8 Å². The minimum atomic E-state index is -0.810. The van der Waals surface area contributed by atoms with Gasteiger partial charge in [0.05, 0.1) is 5.69 Å². The third-order valence-electron chi connectivity index (χ3n) is 4.62. The van der Waals surface area contributed by atoms with Crippen LogP contribution in [0.5, 0.6) is 5.88 Å². The third-order valence-corrected chi connectivity index (χ3v) is 4.85. The number of nitrogens with zero attached hydrogens (tertiary/aromatic N) is 2. The Morgan fingerprint density at radius 3 is 2.48 bits per heavy atom. The summed E-state index contributed by atoms with van der Waals surface area (Å²) in [6.07, 6.45) is -0.810. The molecular formula is C22H22ClN3O3. The van der Waals surface area contributed by atoms with Gasteiger partial charge in [-0.3, -0.25) is 9.59 Å². The lowest BCUT2D eigenvalue weighted by molar-refractivity contribution is -0.122. The van der Waals surface area contributed by atoms with Crippen LogP contribution in [0, 0.1) is 20.8 Å². The molecule has 29 heavy (non-hydrogen) atoms. The summed E-state index contributed by atoms with van der Waals surface area (Å²) in [5, 5.41) is 7.56. The van der Waals surface area contributed by atoms with Crippen LogP contribution in [-0.2, 0) is 4.79 Å². The van der Waals surface area contributed by atoms with Gasteiger partial charge >= 0.3 is 0 Å². The number of ether oxygens (including phenoxy) is 1. The minimum absolute atomic E-state index is 0.159. The summed E-state index contributed by atoms with van der Waals surface area (Å²) >= 11 is 6.06. The van der Waals surface area contributed by atoms with E-state index in [-0.39, 0.29) is 17.3 Å². The van der Waals surface area contributed by atoms with Crippen LogP contribution in [0.2, 0.25) is 5.02 Å². The Hall–Kier alpha value is -3.12. The van der Waals surface area contributed by atoms with E-state index < -0.39 is 6.10 Å². The van der Waals surface area contributed by atoms with E-state index in [9.17, 15) is 9.59 Å². The highest BCUT2D eigenvalue weighted by atomic mass is 35.5. The fraction of sp³-hybridized carbons (Fsp3) is 0.227. The molecule has 1 amide bonds. The molecule has 0 bridgehead atoms. The Kier molecular flexibility index (Phi) is 6.03. The van der Waals surface area contributed by atoms with Gasteiger partial charge in [0, 0.05) is 22.8 Å². The zero-order valence-electron chi connectivity index (χ0n) is 16.7. The molecular weight excluding hydrogens is 390 g/mol. The number of amides is 1. The number of rotatable bonds is 5. The molecule has 0 aliphatic carbocycles. The van der Waals surface area contributed by atoms with Gasteiger partial charge in [-0.15, -0.1) is 5.10 Å². The third kappa shape index (κ3) is 4.84. The van der Waals surface area contributed by atoms with Crippen molar-refractivity contribution >= 4 is 23.2 Å². The zero-order valence-corrected chi connectivity index (χ0v) is 17.4. The zero-order chi connectivity index (χ0) is 21.1. The summed E-state index contributed by atoms with van der Waals surface area (Å²) in [4.78, 5) is 24.8. The predicted octanol–water partition coefficient (Wildman–Crippen LogP) is 4.22. The first kappa shape index (κ1) is 20.6. The van der Waals surface area contributed by atoms with E-state index in [2.05, 4.69) is 10.4 Å². The molecule has 1 heterocycles. The SMILES string of the molecule is Cc1ccc(NC(=O)[C@H](C)Oc2ccc(=O)n(-c3cc(Cl)ccc3C)n2)cc1C. The van der Waals surface area contributed by atoms with E-state index in [1.165, 1.54) is 16.8 Å². The molecule has 2 aromatic carbocycles. The van der Waals surface area contributed by atoms with Gasteiger partial charge in [-0.05, 0) is 68.7 Å². The molecule has 3 rings (SSSR count). The molecule has 0 aliphatic heterocycles. The summed E-state index contributed by atoms with van der Waals surface area (Å²) in [6.45, 7) is 7.47. The molecule has 7 heteroatoms. The maximum atomic E-state index is 12.5. The van der Waals surface area contributed by atoms with Gasteiger partial charge in [-0.2, -0.15) is 4.68 Å². The number of aryl methyl sites for hydroxylation is 3. The maximum Gasteiger partial charge on any atom is 0.271 e. The molecule has 3 aromatic rings. The molecule has 0 spiro atoms. The Bertz CT molecular complexity index is 1120. The number of aromatic nitrogens is 2. The molecule has 0 saturated heterocycles. The first-order valence-electron chi connectivity index (χ1n) is 9.16. The number of hydrogen-bond acceptors (Lipinski definition) is 4. The molecule has 0 unspecified atom stereocenters. The fourth-order valence-corrected chi connectivity index (χ4v) is 2.90. The maximum absolute atomic E-state index is 12.5. The van der Waals surface area contributed by atoms with Crippen LogP contribution in [0.3, 0.4) is 0 Å². The predicted molar refractivity (Wildman–Crippen MR) is 114 cm³/mol. The van der Waals surface area contributed by atoms with Crippen molar-refractivity contribution in [2.75, 3.05) is 5.32 Å². The molecule has 1 atom stereocenters. The van der Waals surface area contributed by atoms with E-state index in [1.54, 1.807) is 25.1 Å². The standard InChI is InChI=1S/C22H22ClN3O3/c1-13-6-8-18(11-15(13)3)24-22(28)16(4)29-20-9-10-21(27)26(25-20)19-12-17(23)7-5-14(19)2/h5-12,16H,1-4H3,(H,24,28)/t16-/m0/s1. The van der Waals surface area contributed by atoms with Crippen molar-refractivity contribution < 1.29 is 9.53 Å². The smallest absolute Gasteiger partial charge is 0.271 e. The first-order valence-corrected chi connectivity index (χ1v) is 9.54.